The van der Waals surface area contributed by atoms with Gasteiger partial charge in [-0.25, -0.2) is 4.98 Å². The molecule has 0 radical (unpaired) electrons. The molecule has 5 aromatic carbocycles. The Labute approximate surface area is 240 Å². The van der Waals surface area contributed by atoms with Gasteiger partial charge in [0.1, 0.15) is 5.82 Å². The van der Waals surface area contributed by atoms with Crippen LogP contribution in [0.2, 0.25) is 0 Å². The van der Waals surface area contributed by atoms with Crippen molar-refractivity contribution in [2.45, 2.75) is 0 Å². The second-order valence-electron chi connectivity index (χ2n) is 11.1. The van der Waals surface area contributed by atoms with E-state index in [1.54, 1.807) is 0 Å². The Morgan fingerprint density at radius 2 is 1.12 bits per heavy atom. The van der Waals surface area contributed by atoms with E-state index >= 15 is 0 Å². The first kappa shape index (κ1) is 22.0. The average Bonchev–Trinajstić information content (AvgIpc) is 3.68. The Morgan fingerprint density at radius 3 is 1.88 bits per heavy atom. The van der Waals surface area contributed by atoms with Crippen molar-refractivity contribution in [3.63, 3.8) is 0 Å². The lowest BCUT2D eigenvalue weighted by atomic mass is 10.1. The number of aromatic nitrogens is 4. The van der Waals surface area contributed by atoms with Crippen LogP contribution in [0.15, 0.2) is 134 Å². The standard InChI is InChI=1S/C38H22N4/c1-4-13-32-25(9-1)26-10-2-5-14-33(26)41(32)24-16-17-35-30(20-24)27-11-3-6-15-34(27)42(35)36-21-29-28-12-7-8-23-18-19-39-38(37(23)28)31(29)22-40-36/h1-22H. The van der Waals surface area contributed by atoms with E-state index in [0.29, 0.717) is 0 Å². The molecule has 0 saturated carbocycles. The van der Waals surface area contributed by atoms with E-state index in [-0.39, 0.29) is 0 Å². The summed E-state index contributed by atoms with van der Waals surface area (Å²) in [5, 5.41) is 7.38. The van der Waals surface area contributed by atoms with Gasteiger partial charge in [-0.3, -0.25) is 9.55 Å². The average molecular weight is 535 g/mol. The predicted octanol–water partition coefficient (Wildman–Crippen LogP) is 9.47. The summed E-state index contributed by atoms with van der Waals surface area (Å²) in [6.45, 7) is 0. The second kappa shape index (κ2) is 7.93. The van der Waals surface area contributed by atoms with Gasteiger partial charge < -0.3 is 4.57 Å². The van der Waals surface area contributed by atoms with Crippen molar-refractivity contribution in [2.24, 2.45) is 0 Å². The first-order valence-electron chi connectivity index (χ1n) is 14.3. The SMILES string of the molecule is c1cc2c3c(nccc3c1)-c1cnc(-n3c4ccccc4c4cc(-n5c6ccccc6c6ccccc65)ccc43)cc1-2. The van der Waals surface area contributed by atoms with Crippen LogP contribution in [0.3, 0.4) is 0 Å². The molecule has 1 aliphatic carbocycles. The number of hydrogen-bond donors (Lipinski definition) is 0. The summed E-state index contributed by atoms with van der Waals surface area (Å²) in [5.41, 5.74) is 10.4. The van der Waals surface area contributed by atoms with Gasteiger partial charge in [-0.05, 0) is 65.0 Å². The molecular weight excluding hydrogens is 512 g/mol. The summed E-state index contributed by atoms with van der Waals surface area (Å²) in [4.78, 5) is 9.77. The molecule has 4 aromatic heterocycles. The quantitative estimate of drug-likeness (QED) is 0.221. The molecule has 10 rings (SSSR count). The van der Waals surface area contributed by atoms with Crippen molar-refractivity contribution in [1.82, 2.24) is 19.1 Å². The van der Waals surface area contributed by atoms with E-state index in [2.05, 4.69) is 130 Å². The lowest BCUT2D eigenvalue weighted by molar-refractivity contribution is 1.08. The summed E-state index contributed by atoms with van der Waals surface area (Å²) in [6.07, 6.45) is 3.89. The van der Waals surface area contributed by atoms with E-state index in [9.17, 15) is 0 Å². The van der Waals surface area contributed by atoms with Gasteiger partial charge in [0, 0.05) is 50.6 Å². The van der Waals surface area contributed by atoms with Crippen molar-refractivity contribution < 1.29 is 0 Å². The Balaban J connectivity index is 1.24. The first-order valence-corrected chi connectivity index (χ1v) is 14.3. The molecule has 0 bridgehead atoms. The zero-order valence-corrected chi connectivity index (χ0v) is 22.5. The van der Waals surface area contributed by atoms with Crippen molar-refractivity contribution in [3.8, 4) is 33.9 Å². The van der Waals surface area contributed by atoms with Crippen LogP contribution in [0.4, 0.5) is 0 Å². The van der Waals surface area contributed by atoms with E-state index in [0.717, 1.165) is 33.8 Å². The number of fused-ring (bicyclic) bond motifs is 9. The monoisotopic (exact) mass is 534 g/mol. The maximum atomic E-state index is 5.04. The number of para-hydroxylation sites is 3. The fourth-order valence-corrected chi connectivity index (χ4v) is 7.18. The van der Waals surface area contributed by atoms with Crippen molar-refractivity contribution >= 4 is 54.4 Å². The van der Waals surface area contributed by atoms with Crippen molar-refractivity contribution in [1.29, 1.82) is 0 Å². The maximum absolute atomic E-state index is 5.04. The largest absolute Gasteiger partial charge is 0.309 e. The Hall–Kier alpha value is -5.74. The van der Waals surface area contributed by atoms with Crippen LogP contribution in [0.5, 0.6) is 0 Å². The van der Waals surface area contributed by atoms with Gasteiger partial charge in [0.2, 0.25) is 0 Å². The van der Waals surface area contributed by atoms with Gasteiger partial charge in [0.05, 0.1) is 27.8 Å². The molecule has 9 aromatic rings. The molecule has 0 N–H and O–H groups in total. The van der Waals surface area contributed by atoms with E-state index in [1.807, 2.05) is 12.4 Å². The molecule has 194 valence electrons. The van der Waals surface area contributed by atoms with E-state index in [1.165, 1.54) is 54.5 Å². The normalized spacial score (nSPS) is 12.3. The summed E-state index contributed by atoms with van der Waals surface area (Å²) >= 11 is 0. The molecule has 0 atom stereocenters. The zero-order chi connectivity index (χ0) is 27.4. The van der Waals surface area contributed by atoms with E-state index in [4.69, 9.17) is 9.97 Å². The highest BCUT2D eigenvalue weighted by atomic mass is 15.1. The van der Waals surface area contributed by atoms with Crippen molar-refractivity contribution in [2.75, 3.05) is 0 Å². The molecule has 42 heavy (non-hydrogen) atoms. The highest BCUT2D eigenvalue weighted by molar-refractivity contribution is 6.15. The zero-order valence-electron chi connectivity index (χ0n) is 22.5. The van der Waals surface area contributed by atoms with Crippen molar-refractivity contribution in [3.05, 3.63) is 134 Å². The van der Waals surface area contributed by atoms with Gasteiger partial charge >= 0.3 is 0 Å². The van der Waals surface area contributed by atoms with Crippen LogP contribution in [-0.4, -0.2) is 19.1 Å². The van der Waals surface area contributed by atoms with E-state index < -0.39 is 0 Å². The molecule has 0 saturated heterocycles. The van der Waals surface area contributed by atoms with Crippen LogP contribution in [0.1, 0.15) is 0 Å². The Kier molecular flexibility index (Phi) is 4.15. The number of hydrogen-bond acceptors (Lipinski definition) is 2. The lowest BCUT2D eigenvalue weighted by Crippen LogP contribution is -1.98. The molecule has 0 aliphatic heterocycles. The summed E-state index contributed by atoms with van der Waals surface area (Å²) in [6, 6.07) is 43.6. The molecule has 4 nitrogen and oxygen atoms in total. The third-order valence-electron chi connectivity index (χ3n) is 8.95. The fraction of sp³-hybridized carbons (Fsp3) is 0. The van der Waals surface area contributed by atoms with Gasteiger partial charge in [-0.15, -0.1) is 0 Å². The first-order chi connectivity index (χ1) is 20.8. The molecule has 1 aliphatic rings. The minimum Gasteiger partial charge on any atom is -0.309 e. The summed E-state index contributed by atoms with van der Waals surface area (Å²) in [7, 11) is 0. The predicted molar refractivity (Wildman–Crippen MR) is 173 cm³/mol. The second-order valence-corrected chi connectivity index (χ2v) is 11.1. The molecule has 4 heterocycles. The number of nitrogens with zero attached hydrogens (tertiary/aromatic N) is 4. The van der Waals surface area contributed by atoms with Crippen LogP contribution < -0.4 is 0 Å². The Bertz CT molecular complexity index is 2530. The topological polar surface area (TPSA) is 35.6 Å². The summed E-state index contributed by atoms with van der Waals surface area (Å²) in [5.74, 6) is 0.911. The van der Waals surface area contributed by atoms with Crippen LogP contribution in [-0.2, 0) is 0 Å². The fourth-order valence-electron chi connectivity index (χ4n) is 7.18. The van der Waals surface area contributed by atoms with Gasteiger partial charge in [-0.1, -0.05) is 72.8 Å². The lowest BCUT2D eigenvalue weighted by Gasteiger charge is -2.11. The third kappa shape index (κ3) is 2.76. The van der Waals surface area contributed by atoms with Crippen LogP contribution in [0, 0.1) is 0 Å². The van der Waals surface area contributed by atoms with Gasteiger partial charge in [-0.2, -0.15) is 0 Å². The summed E-state index contributed by atoms with van der Waals surface area (Å²) < 4.78 is 4.69. The minimum absolute atomic E-state index is 0.911. The molecule has 4 heteroatoms. The highest BCUT2D eigenvalue weighted by Gasteiger charge is 2.24. The maximum Gasteiger partial charge on any atom is 0.138 e. The van der Waals surface area contributed by atoms with Gasteiger partial charge in [0.15, 0.2) is 0 Å². The molecule has 0 fully saturated rings. The van der Waals surface area contributed by atoms with Gasteiger partial charge in [0.25, 0.3) is 0 Å². The Morgan fingerprint density at radius 1 is 0.452 bits per heavy atom. The number of pyridine rings is 2. The molecular formula is C38H22N4. The smallest absolute Gasteiger partial charge is 0.138 e. The molecule has 0 spiro atoms. The number of rotatable bonds is 2. The highest BCUT2D eigenvalue weighted by Crippen LogP contribution is 2.46. The van der Waals surface area contributed by atoms with Crippen LogP contribution in [0.25, 0.3) is 88.3 Å². The third-order valence-corrected chi connectivity index (χ3v) is 8.95. The van der Waals surface area contributed by atoms with Crippen LogP contribution >= 0.6 is 0 Å². The molecule has 0 amide bonds. The molecule has 0 unspecified atom stereocenters. The number of benzene rings is 5. The minimum atomic E-state index is 0.911.